The monoisotopic (exact) mass is 426 g/mol. The summed E-state index contributed by atoms with van der Waals surface area (Å²) in [5, 5.41) is 10.3. The van der Waals surface area contributed by atoms with Gasteiger partial charge in [0, 0.05) is 33.2 Å². The van der Waals surface area contributed by atoms with Gasteiger partial charge >= 0.3 is 0 Å². The van der Waals surface area contributed by atoms with Crippen molar-refractivity contribution in [2.24, 2.45) is 0 Å². The molecule has 3 aromatic heterocycles. The van der Waals surface area contributed by atoms with Crippen LogP contribution in [0.4, 0.5) is 10.9 Å². The standard InChI is InChI=1S/C20H18N4OS3/c1-13-11-27-20(22-13)23-19-18(28-16-6-4-3-5-7-16)9-17(10-21-19)26-12-15-8-14(2)25-24-15/h3-11H,12H2,1-2H3,(H,21,22,23). The molecule has 0 bridgehead atoms. The molecular weight excluding hydrogens is 408 g/mol. The lowest BCUT2D eigenvalue weighted by atomic mass is 10.4. The summed E-state index contributed by atoms with van der Waals surface area (Å²) in [5.74, 6) is 2.38. The number of thioether (sulfide) groups is 1. The first-order chi connectivity index (χ1) is 13.7. The van der Waals surface area contributed by atoms with Gasteiger partial charge in [-0.15, -0.1) is 23.1 Å². The topological polar surface area (TPSA) is 63.8 Å². The van der Waals surface area contributed by atoms with Crippen LogP contribution in [0.25, 0.3) is 0 Å². The molecule has 0 saturated heterocycles. The summed E-state index contributed by atoms with van der Waals surface area (Å²) < 4.78 is 5.14. The summed E-state index contributed by atoms with van der Waals surface area (Å²) in [6.07, 6.45) is 1.88. The Balaban J connectivity index is 1.57. The molecule has 0 aliphatic rings. The van der Waals surface area contributed by atoms with E-state index in [1.165, 1.54) is 0 Å². The predicted octanol–water partition coefficient (Wildman–Crippen LogP) is 6.33. The highest BCUT2D eigenvalue weighted by Gasteiger charge is 2.11. The van der Waals surface area contributed by atoms with Gasteiger partial charge in [0.05, 0.1) is 16.3 Å². The van der Waals surface area contributed by atoms with Crippen molar-refractivity contribution in [1.29, 1.82) is 0 Å². The quantitative estimate of drug-likeness (QED) is 0.346. The molecule has 0 fully saturated rings. The maximum absolute atomic E-state index is 5.14. The molecule has 4 aromatic rings. The summed E-state index contributed by atoms with van der Waals surface area (Å²) in [6.45, 7) is 3.89. The Kier molecular flexibility index (Phi) is 5.99. The second-order valence-corrected chi connectivity index (χ2v) is 9.09. The highest BCUT2D eigenvalue weighted by Crippen LogP contribution is 2.37. The lowest BCUT2D eigenvalue weighted by Crippen LogP contribution is -1.96. The number of hydrogen-bond acceptors (Lipinski definition) is 8. The molecule has 0 aliphatic carbocycles. The number of aryl methyl sites for hydroxylation is 2. The van der Waals surface area contributed by atoms with Gasteiger partial charge in [0.2, 0.25) is 0 Å². The molecule has 1 N–H and O–H groups in total. The number of nitrogens with one attached hydrogen (secondary N) is 1. The Hall–Kier alpha value is -2.29. The highest BCUT2D eigenvalue weighted by atomic mass is 32.2. The van der Waals surface area contributed by atoms with Crippen LogP contribution in [0.1, 0.15) is 17.1 Å². The molecule has 0 aliphatic heterocycles. The van der Waals surface area contributed by atoms with E-state index in [1.54, 1.807) is 34.9 Å². The zero-order valence-corrected chi connectivity index (χ0v) is 17.8. The van der Waals surface area contributed by atoms with Gasteiger partial charge in [-0.05, 0) is 32.0 Å². The van der Waals surface area contributed by atoms with Crippen molar-refractivity contribution in [3.63, 3.8) is 0 Å². The second kappa shape index (κ2) is 8.81. The Bertz CT molecular complexity index is 1060. The summed E-state index contributed by atoms with van der Waals surface area (Å²) >= 11 is 4.95. The van der Waals surface area contributed by atoms with E-state index < -0.39 is 0 Å². The van der Waals surface area contributed by atoms with Crippen molar-refractivity contribution in [3.8, 4) is 0 Å². The van der Waals surface area contributed by atoms with Gasteiger partial charge in [-0.25, -0.2) is 9.97 Å². The lowest BCUT2D eigenvalue weighted by Gasteiger charge is -2.11. The number of rotatable bonds is 7. The molecule has 0 atom stereocenters. The number of nitrogens with zero attached hydrogens (tertiary/aromatic N) is 3. The molecule has 3 heterocycles. The Morgan fingerprint density at radius 1 is 1.11 bits per heavy atom. The van der Waals surface area contributed by atoms with E-state index in [9.17, 15) is 0 Å². The molecule has 28 heavy (non-hydrogen) atoms. The SMILES string of the molecule is Cc1csc(Nc2ncc(SCc3cc(C)on3)cc2Sc2ccccc2)n1. The number of anilines is 2. The molecule has 0 unspecified atom stereocenters. The van der Waals surface area contributed by atoms with Crippen LogP contribution < -0.4 is 5.32 Å². The molecule has 4 rings (SSSR count). The summed E-state index contributed by atoms with van der Waals surface area (Å²) in [7, 11) is 0. The fourth-order valence-corrected chi connectivity index (χ4v) is 4.92. The van der Waals surface area contributed by atoms with E-state index in [0.29, 0.717) is 0 Å². The Morgan fingerprint density at radius 2 is 1.96 bits per heavy atom. The average molecular weight is 427 g/mol. The minimum Gasteiger partial charge on any atom is -0.361 e. The first-order valence-electron chi connectivity index (χ1n) is 8.63. The zero-order chi connectivity index (χ0) is 19.3. The molecule has 5 nitrogen and oxygen atoms in total. The molecule has 0 radical (unpaired) electrons. The Labute approximate surface area is 176 Å². The normalized spacial score (nSPS) is 10.9. The lowest BCUT2D eigenvalue weighted by molar-refractivity contribution is 0.393. The number of aromatic nitrogens is 3. The summed E-state index contributed by atoms with van der Waals surface area (Å²) in [4.78, 5) is 12.5. The highest BCUT2D eigenvalue weighted by molar-refractivity contribution is 8.00. The van der Waals surface area contributed by atoms with E-state index in [4.69, 9.17) is 4.52 Å². The van der Waals surface area contributed by atoms with Crippen LogP contribution in [-0.4, -0.2) is 15.1 Å². The van der Waals surface area contributed by atoms with Crippen LogP contribution >= 0.6 is 34.9 Å². The van der Waals surface area contributed by atoms with Gasteiger partial charge < -0.3 is 9.84 Å². The molecule has 0 saturated carbocycles. The van der Waals surface area contributed by atoms with Crippen LogP contribution in [0.2, 0.25) is 0 Å². The number of hydrogen-bond donors (Lipinski definition) is 1. The third-order valence-electron chi connectivity index (χ3n) is 3.71. The summed E-state index contributed by atoms with van der Waals surface area (Å²) in [5.41, 5.74) is 1.93. The van der Waals surface area contributed by atoms with E-state index in [-0.39, 0.29) is 0 Å². The van der Waals surface area contributed by atoms with Crippen molar-refractivity contribution in [2.75, 3.05) is 5.32 Å². The van der Waals surface area contributed by atoms with Crippen LogP contribution in [0.5, 0.6) is 0 Å². The molecule has 142 valence electrons. The fraction of sp³-hybridized carbons (Fsp3) is 0.150. The van der Waals surface area contributed by atoms with Gasteiger partial charge in [0.25, 0.3) is 0 Å². The van der Waals surface area contributed by atoms with Crippen molar-refractivity contribution in [1.82, 2.24) is 15.1 Å². The largest absolute Gasteiger partial charge is 0.361 e. The molecular formula is C20H18N4OS3. The third-order valence-corrected chi connectivity index (χ3v) is 6.62. The van der Waals surface area contributed by atoms with E-state index in [0.717, 1.165) is 48.5 Å². The molecule has 1 aromatic carbocycles. The maximum Gasteiger partial charge on any atom is 0.188 e. The van der Waals surface area contributed by atoms with Crippen molar-refractivity contribution < 1.29 is 4.52 Å². The smallest absolute Gasteiger partial charge is 0.188 e. The Morgan fingerprint density at radius 3 is 2.68 bits per heavy atom. The first-order valence-corrected chi connectivity index (χ1v) is 11.3. The maximum atomic E-state index is 5.14. The van der Waals surface area contributed by atoms with Crippen LogP contribution in [0.15, 0.2) is 73.3 Å². The fourth-order valence-electron chi connectivity index (χ4n) is 2.45. The first kappa shape index (κ1) is 19.0. The van der Waals surface area contributed by atoms with E-state index in [1.807, 2.05) is 49.7 Å². The summed E-state index contributed by atoms with van der Waals surface area (Å²) in [6, 6.07) is 14.4. The minimum atomic E-state index is 0.743. The van der Waals surface area contributed by atoms with Crippen molar-refractivity contribution >= 4 is 45.8 Å². The van der Waals surface area contributed by atoms with Gasteiger partial charge in [-0.1, -0.05) is 35.1 Å². The van der Waals surface area contributed by atoms with Crippen molar-refractivity contribution in [3.05, 3.63) is 71.2 Å². The van der Waals surface area contributed by atoms with Gasteiger partial charge in [0.1, 0.15) is 11.6 Å². The van der Waals surface area contributed by atoms with Crippen molar-refractivity contribution in [2.45, 2.75) is 34.3 Å². The number of thiazole rings is 1. The predicted molar refractivity (Wildman–Crippen MR) is 116 cm³/mol. The van der Waals surface area contributed by atoms with Gasteiger partial charge in [-0.2, -0.15) is 0 Å². The molecule has 0 spiro atoms. The van der Waals surface area contributed by atoms with Crippen LogP contribution in [0, 0.1) is 13.8 Å². The molecule has 0 amide bonds. The third kappa shape index (κ3) is 4.95. The van der Waals surface area contributed by atoms with Crippen LogP contribution in [0.3, 0.4) is 0 Å². The molecule has 8 heteroatoms. The van der Waals surface area contributed by atoms with E-state index in [2.05, 4.69) is 38.6 Å². The van der Waals surface area contributed by atoms with Crippen LogP contribution in [-0.2, 0) is 5.75 Å². The van der Waals surface area contributed by atoms with E-state index >= 15 is 0 Å². The van der Waals surface area contributed by atoms with Gasteiger partial charge in [-0.3, -0.25) is 0 Å². The minimum absolute atomic E-state index is 0.743. The number of benzene rings is 1. The average Bonchev–Trinajstić information content (AvgIpc) is 3.30. The zero-order valence-electron chi connectivity index (χ0n) is 15.4. The number of pyridine rings is 1. The second-order valence-electron chi connectivity index (χ2n) is 6.07. The van der Waals surface area contributed by atoms with Gasteiger partial charge in [0.15, 0.2) is 5.13 Å².